The monoisotopic (exact) mass is 146 g/mol. The van der Waals surface area contributed by atoms with E-state index in [1.807, 2.05) is 14.0 Å². The third-order valence-corrected chi connectivity index (χ3v) is 2.34. The second kappa shape index (κ2) is 2.47. The number of hydrogen-bond donors (Lipinski definition) is 1. The largest absolute Gasteiger partial charge is 0.326 e. The minimum Gasteiger partial charge on any atom is -0.326 e. The van der Waals surface area contributed by atoms with Crippen molar-refractivity contribution in [2.45, 2.75) is 13.0 Å². The van der Waals surface area contributed by atoms with Crippen LogP contribution in [0, 0.1) is 5.41 Å². The highest BCUT2D eigenvalue weighted by molar-refractivity contribution is 4.94. The summed E-state index contributed by atoms with van der Waals surface area (Å²) < 4.78 is 12.4. The Labute approximate surface area is 61.2 Å². The summed E-state index contributed by atoms with van der Waals surface area (Å²) in [4.78, 5) is 2.07. The van der Waals surface area contributed by atoms with Crippen LogP contribution in [-0.2, 0) is 0 Å². The molecule has 2 unspecified atom stereocenters. The molecule has 0 aromatic carbocycles. The van der Waals surface area contributed by atoms with E-state index < -0.39 is 0 Å². The van der Waals surface area contributed by atoms with Crippen molar-refractivity contribution < 1.29 is 4.39 Å². The van der Waals surface area contributed by atoms with E-state index in [0.29, 0.717) is 0 Å². The van der Waals surface area contributed by atoms with E-state index in [0.717, 1.165) is 13.1 Å². The average Bonchev–Trinajstić information content (AvgIpc) is 2.09. The Morgan fingerprint density at radius 1 is 1.80 bits per heavy atom. The molecule has 10 heavy (non-hydrogen) atoms. The van der Waals surface area contributed by atoms with Crippen LogP contribution in [0.3, 0.4) is 0 Å². The first-order chi connectivity index (χ1) is 4.58. The van der Waals surface area contributed by atoms with Crippen LogP contribution in [0.2, 0.25) is 0 Å². The van der Waals surface area contributed by atoms with Crippen LogP contribution in [0.15, 0.2) is 0 Å². The number of rotatable bonds is 1. The van der Waals surface area contributed by atoms with Gasteiger partial charge in [-0.15, -0.1) is 0 Å². The molecular formula is C7H15FN2. The summed E-state index contributed by atoms with van der Waals surface area (Å²) in [7, 11) is 1.97. The molecule has 1 aliphatic heterocycles. The molecule has 0 radical (unpaired) electrons. The molecule has 1 fully saturated rings. The van der Waals surface area contributed by atoms with E-state index in [2.05, 4.69) is 4.90 Å². The van der Waals surface area contributed by atoms with E-state index in [4.69, 9.17) is 5.73 Å². The van der Waals surface area contributed by atoms with E-state index >= 15 is 0 Å². The maximum absolute atomic E-state index is 12.4. The molecule has 0 aromatic rings. The van der Waals surface area contributed by atoms with Crippen molar-refractivity contribution in [2.24, 2.45) is 11.1 Å². The van der Waals surface area contributed by atoms with Crippen LogP contribution in [0.5, 0.6) is 0 Å². The first-order valence-electron chi connectivity index (χ1n) is 3.58. The van der Waals surface area contributed by atoms with Gasteiger partial charge >= 0.3 is 0 Å². The molecule has 2 N–H and O–H groups in total. The lowest BCUT2D eigenvalue weighted by atomic mass is 9.88. The normalized spacial score (nSPS) is 42.6. The van der Waals surface area contributed by atoms with Crippen molar-refractivity contribution in [1.82, 2.24) is 4.90 Å². The van der Waals surface area contributed by atoms with Crippen molar-refractivity contribution in [3.05, 3.63) is 0 Å². The molecule has 2 nitrogen and oxygen atoms in total. The van der Waals surface area contributed by atoms with Gasteiger partial charge in [-0.3, -0.25) is 4.39 Å². The molecule has 1 aliphatic rings. The van der Waals surface area contributed by atoms with E-state index in [-0.39, 0.29) is 18.1 Å². The Morgan fingerprint density at radius 3 is 2.60 bits per heavy atom. The number of hydrogen-bond acceptors (Lipinski definition) is 2. The Bertz CT molecular complexity index is 129. The van der Waals surface area contributed by atoms with Crippen LogP contribution >= 0.6 is 0 Å². The Kier molecular flexibility index (Phi) is 1.97. The Hall–Kier alpha value is -0.150. The number of alkyl halides is 1. The number of likely N-dealkylation sites (N-methyl/N-ethyl adjacent to an activating group) is 1. The molecular weight excluding hydrogens is 131 g/mol. The lowest BCUT2D eigenvalue weighted by Gasteiger charge is -2.23. The van der Waals surface area contributed by atoms with Gasteiger partial charge in [0.25, 0.3) is 0 Å². The lowest BCUT2D eigenvalue weighted by Crippen LogP contribution is -2.39. The SMILES string of the molecule is CN1CC(N)C(C)(CF)C1. The summed E-state index contributed by atoms with van der Waals surface area (Å²) in [5.41, 5.74) is 5.44. The standard InChI is InChI=1S/C7H15FN2/c1-7(4-8)5-10(2)3-6(7)9/h6H,3-5,9H2,1-2H3. The Morgan fingerprint density at radius 2 is 2.40 bits per heavy atom. The minimum absolute atomic E-state index is 0.00231. The summed E-state index contributed by atoms with van der Waals surface area (Å²) in [6.45, 7) is 3.20. The molecule has 1 rings (SSSR count). The van der Waals surface area contributed by atoms with Crippen molar-refractivity contribution in [3.63, 3.8) is 0 Å². The topological polar surface area (TPSA) is 29.3 Å². The highest BCUT2D eigenvalue weighted by Gasteiger charge is 2.39. The molecule has 0 aromatic heterocycles. The van der Waals surface area contributed by atoms with Crippen LogP contribution < -0.4 is 5.73 Å². The zero-order valence-corrected chi connectivity index (χ0v) is 6.60. The van der Waals surface area contributed by atoms with Crippen molar-refractivity contribution >= 4 is 0 Å². The highest BCUT2D eigenvalue weighted by Crippen LogP contribution is 2.27. The van der Waals surface area contributed by atoms with E-state index in [1.165, 1.54) is 0 Å². The van der Waals surface area contributed by atoms with Gasteiger partial charge in [0.15, 0.2) is 0 Å². The third-order valence-electron chi connectivity index (χ3n) is 2.34. The van der Waals surface area contributed by atoms with Crippen LogP contribution in [0.4, 0.5) is 4.39 Å². The second-order valence-corrected chi connectivity index (χ2v) is 3.59. The van der Waals surface area contributed by atoms with Gasteiger partial charge in [0, 0.05) is 24.5 Å². The van der Waals surface area contributed by atoms with Gasteiger partial charge in [0.1, 0.15) is 0 Å². The first kappa shape index (κ1) is 7.95. The quantitative estimate of drug-likeness (QED) is 0.574. The molecule has 3 heteroatoms. The minimum atomic E-state index is -0.307. The fraction of sp³-hybridized carbons (Fsp3) is 1.00. The van der Waals surface area contributed by atoms with Gasteiger partial charge in [-0.2, -0.15) is 0 Å². The maximum Gasteiger partial charge on any atom is 0.0975 e. The smallest absolute Gasteiger partial charge is 0.0975 e. The highest BCUT2D eigenvalue weighted by atomic mass is 19.1. The number of halogens is 1. The summed E-state index contributed by atoms with van der Waals surface area (Å²) in [5.74, 6) is 0. The molecule has 2 atom stereocenters. The molecule has 1 saturated heterocycles. The van der Waals surface area contributed by atoms with E-state index in [9.17, 15) is 4.39 Å². The third kappa shape index (κ3) is 1.16. The summed E-state index contributed by atoms with van der Waals surface area (Å²) >= 11 is 0. The molecule has 0 aliphatic carbocycles. The van der Waals surface area contributed by atoms with Crippen LogP contribution in [0.25, 0.3) is 0 Å². The van der Waals surface area contributed by atoms with Gasteiger partial charge in [0.05, 0.1) is 6.67 Å². The van der Waals surface area contributed by atoms with E-state index in [1.54, 1.807) is 0 Å². The van der Waals surface area contributed by atoms with Crippen molar-refractivity contribution in [2.75, 3.05) is 26.8 Å². The fourth-order valence-electron chi connectivity index (χ4n) is 1.50. The predicted octanol–water partition coefficient (Wildman–Crippen LogP) is 0.235. The van der Waals surface area contributed by atoms with Crippen LogP contribution in [0.1, 0.15) is 6.92 Å². The van der Waals surface area contributed by atoms with Gasteiger partial charge < -0.3 is 10.6 Å². The number of nitrogens with zero attached hydrogens (tertiary/aromatic N) is 1. The van der Waals surface area contributed by atoms with Crippen molar-refractivity contribution in [1.29, 1.82) is 0 Å². The molecule has 60 valence electrons. The Balaban J connectivity index is 2.61. The molecule has 1 heterocycles. The van der Waals surface area contributed by atoms with Crippen LogP contribution in [-0.4, -0.2) is 37.8 Å². The fourth-order valence-corrected chi connectivity index (χ4v) is 1.50. The van der Waals surface area contributed by atoms with Gasteiger partial charge in [-0.25, -0.2) is 0 Å². The predicted molar refractivity (Wildman–Crippen MR) is 39.6 cm³/mol. The second-order valence-electron chi connectivity index (χ2n) is 3.59. The number of likely N-dealkylation sites (tertiary alicyclic amines) is 1. The first-order valence-corrected chi connectivity index (χ1v) is 3.58. The number of nitrogens with two attached hydrogens (primary N) is 1. The summed E-state index contributed by atoms with van der Waals surface area (Å²) in [6, 6.07) is 0.00231. The average molecular weight is 146 g/mol. The summed E-state index contributed by atoms with van der Waals surface area (Å²) in [5, 5.41) is 0. The van der Waals surface area contributed by atoms with Crippen molar-refractivity contribution in [3.8, 4) is 0 Å². The molecule has 0 amide bonds. The lowest BCUT2D eigenvalue weighted by molar-refractivity contribution is 0.217. The van der Waals surface area contributed by atoms with Gasteiger partial charge in [-0.1, -0.05) is 6.92 Å². The van der Waals surface area contributed by atoms with Gasteiger partial charge in [0.2, 0.25) is 0 Å². The molecule has 0 saturated carbocycles. The van der Waals surface area contributed by atoms with Gasteiger partial charge in [-0.05, 0) is 7.05 Å². The zero-order valence-electron chi connectivity index (χ0n) is 6.60. The maximum atomic E-state index is 12.4. The molecule has 0 bridgehead atoms. The summed E-state index contributed by atoms with van der Waals surface area (Å²) in [6.07, 6.45) is 0. The molecule has 0 spiro atoms. The zero-order chi connectivity index (χ0) is 7.78.